The van der Waals surface area contributed by atoms with Crippen molar-refractivity contribution in [2.45, 2.75) is 91.5 Å². The Hall–Kier alpha value is -3.10. The van der Waals surface area contributed by atoms with Gasteiger partial charge in [-0.2, -0.15) is 0 Å². The molecule has 1 saturated carbocycles. The molecule has 1 aliphatic rings. The third kappa shape index (κ3) is 7.70. The van der Waals surface area contributed by atoms with Crippen LogP contribution in [0.25, 0.3) is 0 Å². The first-order valence-corrected chi connectivity index (χ1v) is 12.5. The lowest BCUT2D eigenvalue weighted by Gasteiger charge is -2.37. The molecule has 200 valence electrons. The Bertz CT molecular complexity index is 946. The van der Waals surface area contributed by atoms with Crippen molar-refractivity contribution in [3.8, 4) is 0 Å². The first kappa shape index (κ1) is 29.1. The van der Waals surface area contributed by atoms with E-state index in [0.717, 1.165) is 24.0 Å². The maximum Gasteiger partial charge on any atom is 0.408 e. The van der Waals surface area contributed by atoms with Gasteiger partial charge in [0.2, 0.25) is 11.8 Å². The smallest absolute Gasteiger partial charge is 0.408 e. The van der Waals surface area contributed by atoms with E-state index >= 15 is 0 Å². The molecule has 0 aromatic heterocycles. The molecule has 9 nitrogen and oxygen atoms in total. The Labute approximate surface area is 214 Å². The fourth-order valence-corrected chi connectivity index (χ4v) is 4.13. The van der Waals surface area contributed by atoms with Crippen molar-refractivity contribution in [3.05, 3.63) is 34.9 Å². The lowest BCUT2D eigenvalue weighted by molar-refractivity contribution is -0.145. The van der Waals surface area contributed by atoms with E-state index < -0.39 is 35.7 Å². The molecule has 0 aliphatic heterocycles. The summed E-state index contributed by atoms with van der Waals surface area (Å²) in [6.45, 7) is 12.6. The van der Waals surface area contributed by atoms with Gasteiger partial charge in [-0.15, -0.1) is 0 Å². The number of hydrogen-bond donors (Lipinski definition) is 2. The minimum Gasteiger partial charge on any atom is -0.468 e. The average Bonchev–Trinajstić information content (AvgIpc) is 3.63. The van der Waals surface area contributed by atoms with Crippen LogP contribution in [0.4, 0.5) is 4.79 Å². The molecule has 0 radical (unpaired) electrons. The summed E-state index contributed by atoms with van der Waals surface area (Å²) in [5.41, 5.74) is 1.69. The van der Waals surface area contributed by atoms with Crippen LogP contribution in [0.5, 0.6) is 0 Å². The van der Waals surface area contributed by atoms with Crippen LogP contribution in [0, 0.1) is 19.8 Å². The van der Waals surface area contributed by atoms with E-state index in [0.29, 0.717) is 12.0 Å². The Balaban J connectivity index is 2.52. The number of nitrogens with one attached hydrogen (secondary N) is 2. The molecule has 0 spiro atoms. The van der Waals surface area contributed by atoms with Gasteiger partial charge < -0.3 is 25.0 Å². The highest BCUT2D eigenvalue weighted by Crippen LogP contribution is 2.38. The maximum atomic E-state index is 14.1. The number of esters is 1. The Morgan fingerprint density at radius 3 is 2.17 bits per heavy atom. The number of alkyl carbamates (subject to hydrolysis) is 1. The summed E-state index contributed by atoms with van der Waals surface area (Å²) in [6, 6.07) is 3.67. The summed E-state index contributed by atoms with van der Waals surface area (Å²) in [7, 11) is 1.25. The van der Waals surface area contributed by atoms with Crippen LogP contribution in [-0.4, -0.2) is 60.1 Å². The molecule has 1 fully saturated rings. The van der Waals surface area contributed by atoms with E-state index in [2.05, 4.69) is 15.4 Å². The number of nitrogens with zero attached hydrogens (tertiary/aromatic N) is 1. The Morgan fingerprint density at radius 2 is 1.69 bits per heavy atom. The minimum atomic E-state index is -0.970. The number of carbonyl (C=O) groups excluding carboxylic acids is 4. The fraction of sp³-hybridized carbons (Fsp3) is 0.630. The van der Waals surface area contributed by atoms with Crippen molar-refractivity contribution in [2.24, 2.45) is 5.92 Å². The van der Waals surface area contributed by atoms with Gasteiger partial charge in [-0.05, 0) is 70.1 Å². The van der Waals surface area contributed by atoms with E-state index in [-0.39, 0.29) is 24.4 Å². The number of carbonyl (C=O) groups is 4. The van der Waals surface area contributed by atoms with Gasteiger partial charge in [0.05, 0.1) is 7.11 Å². The zero-order chi connectivity index (χ0) is 27.2. The highest BCUT2D eigenvalue weighted by molar-refractivity contribution is 5.94. The summed E-state index contributed by atoms with van der Waals surface area (Å²) >= 11 is 0. The second kappa shape index (κ2) is 12.2. The van der Waals surface area contributed by atoms with Gasteiger partial charge in [0.25, 0.3) is 0 Å². The second-order valence-corrected chi connectivity index (χ2v) is 10.5. The van der Waals surface area contributed by atoms with Crippen LogP contribution < -0.4 is 10.6 Å². The molecule has 0 heterocycles. The van der Waals surface area contributed by atoms with Crippen LogP contribution >= 0.6 is 0 Å². The first-order chi connectivity index (χ1) is 16.8. The lowest BCUT2D eigenvalue weighted by atomic mass is 9.92. The Kier molecular flexibility index (Phi) is 9.90. The standard InChI is InChI=1S/C27H41N3O6/c1-9-16(2)22(29-26(34)36-27(5,6)7)25(33)30(19-13-14-19)23(24(32)28-15-20(31)35-8)21-17(3)11-10-12-18(21)4/h10-12,16,19,22-23H,9,13-15H2,1-8H3,(H,28,32)(H,29,34). The van der Waals surface area contributed by atoms with Crippen LogP contribution in [0.2, 0.25) is 0 Å². The number of methoxy groups -OCH3 is 1. The summed E-state index contributed by atoms with van der Waals surface area (Å²) in [5, 5.41) is 5.40. The summed E-state index contributed by atoms with van der Waals surface area (Å²) in [4.78, 5) is 53.7. The molecule has 0 bridgehead atoms. The van der Waals surface area contributed by atoms with Gasteiger partial charge in [-0.3, -0.25) is 14.4 Å². The van der Waals surface area contributed by atoms with Crippen molar-refractivity contribution in [1.82, 2.24) is 15.5 Å². The van der Waals surface area contributed by atoms with Gasteiger partial charge in [0, 0.05) is 6.04 Å². The molecule has 3 unspecified atom stereocenters. The highest BCUT2D eigenvalue weighted by atomic mass is 16.6. The number of amides is 3. The topological polar surface area (TPSA) is 114 Å². The molecule has 3 atom stereocenters. The third-order valence-corrected chi connectivity index (χ3v) is 6.32. The molecule has 1 aromatic carbocycles. The molecule has 1 aliphatic carbocycles. The van der Waals surface area contributed by atoms with Crippen molar-refractivity contribution >= 4 is 23.9 Å². The van der Waals surface area contributed by atoms with E-state index in [1.165, 1.54) is 7.11 Å². The predicted octanol–water partition coefficient (Wildman–Crippen LogP) is 3.56. The predicted molar refractivity (Wildman–Crippen MR) is 136 cm³/mol. The van der Waals surface area contributed by atoms with E-state index in [4.69, 9.17) is 4.74 Å². The molecule has 9 heteroatoms. The van der Waals surface area contributed by atoms with Gasteiger partial charge in [0.15, 0.2) is 0 Å². The number of hydrogen-bond acceptors (Lipinski definition) is 6. The first-order valence-electron chi connectivity index (χ1n) is 12.5. The van der Waals surface area contributed by atoms with Gasteiger partial charge >= 0.3 is 12.1 Å². The van der Waals surface area contributed by atoms with Crippen molar-refractivity contribution in [3.63, 3.8) is 0 Å². The third-order valence-electron chi connectivity index (χ3n) is 6.32. The van der Waals surface area contributed by atoms with Crippen molar-refractivity contribution < 1.29 is 28.7 Å². The molecule has 3 amide bonds. The average molecular weight is 504 g/mol. The molecule has 0 saturated heterocycles. The van der Waals surface area contributed by atoms with Crippen molar-refractivity contribution in [1.29, 1.82) is 0 Å². The van der Waals surface area contributed by atoms with Crippen LogP contribution in [0.1, 0.15) is 76.6 Å². The number of aryl methyl sites for hydroxylation is 2. The Morgan fingerprint density at radius 1 is 1.11 bits per heavy atom. The quantitative estimate of drug-likeness (QED) is 0.472. The normalized spacial score (nSPS) is 15.8. The SMILES string of the molecule is CCC(C)C(NC(=O)OC(C)(C)C)C(=O)N(C1CC1)C(C(=O)NCC(=O)OC)c1c(C)cccc1C. The van der Waals surface area contributed by atoms with Crippen LogP contribution in [0.15, 0.2) is 18.2 Å². The second-order valence-electron chi connectivity index (χ2n) is 10.5. The van der Waals surface area contributed by atoms with E-state index in [1.54, 1.807) is 25.7 Å². The van der Waals surface area contributed by atoms with Gasteiger partial charge in [-0.25, -0.2) is 4.79 Å². The maximum absolute atomic E-state index is 14.1. The number of benzene rings is 1. The van der Waals surface area contributed by atoms with Crippen molar-refractivity contribution in [2.75, 3.05) is 13.7 Å². The highest BCUT2D eigenvalue weighted by Gasteiger charge is 2.45. The van der Waals surface area contributed by atoms with E-state index in [9.17, 15) is 19.2 Å². The molecule has 2 N–H and O–H groups in total. The molecule has 36 heavy (non-hydrogen) atoms. The van der Waals surface area contributed by atoms with Crippen LogP contribution in [0.3, 0.4) is 0 Å². The monoisotopic (exact) mass is 503 g/mol. The zero-order valence-electron chi connectivity index (χ0n) is 22.8. The summed E-state index contributed by atoms with van der Waals surface area (Å²) < 4.78 is 10.1. The molecular formula is C27H41N3O6. The van der Waals surface area contributed by atoms with E-state index in [1.807, 2.05) is 45.9 Å². The van der Waals surface area contributed by atoms with Gasteiger partial charge in [0.1, 0.15) is 24.2 Å². The molecular weight excluding hydrogens is 462 g/mol. The largest absolute Gasteiger partial charge is 0.468 e. The minimum absolute atomic E-state index is 0.155. The van der Waals surface area contributed by atoms with Crippen LogP contribution in [-0.2, 0) is 23.9 Å². The zero-order valence-corrected chi connectivity index (χ0v) is 22.8. The number of rotatable bonds is 10. The summed E-state index contributed by atoms with van der Waals surface area (Å²) in [6.07, 6.45) is 1.44. The number of ether oxygens (including phenoxy) is 2. The summed E-state index contributed by atoms with van der Waals surface area (Å²) in [5.74, 6) is -1.61. The molecule has 2 rings (SSSR count). The molecule has 1 aromatic rings. The van der Waals surface area contributed by atoms with Gasteiger partial charge in [-0.1, -0.05) is 38.5 Å². The fourth-order valence-electron chi connectivity index (χ4n) is 4.13. The lowest BCUT2D eigenvalue weighted by Crippen LogP contribution is -2.56.